The molecule has 3 nitrogen and oxygen atoms in total. The molecule has 1 saturated heterocycles. The summed E-state index contributed by atoms with van der Waals surface area (Å²) in [4.78, 5) is 16.5. The van der Waals surface area contributed by atoms with Crippen LogP contribution < -0.4 is 4.90 Å². The molecule has 1 heterocycles. The molecule has 1 aliphatic rings. The van der Waals surface area contributed by atoms with Crippen LogP contribution in [0.2, 0.25) is 5.02 Å². The number of hydrogen-bond donors (Lipinski definition) is 0. The molecule has 0 saturated carbocycles. The van der Waals surface area contributed by atoms with E-state index in [1.54, 1.807) is 11.0 Å². The van der Waals surface area contributed by atoms with Crippen molar-refractivity contribution in [2.45, 2.75) is 0 Å². The molecule has 0 radical (unpaired) electrons. The average Bonchev–Trinajstić information content (AvgIpc) is 2.57. The van der Waals surface area contributed by atoms with Crippen molar-refractivity contribution < 1.29 is 9.18 Å². The summed E-state index contributed by atoms with van der Waals surface area (Å²) in [7, 11) is 0. The zero-order chi connectivity index (χ0) is 16.4. The van der Waals surface area contributed by atoms with Crippen molar-refractivity contribution in [3.05, 3.63) is 63.3 Å². The second-order valence-electron chi connectivity index (χ2n) is 5.38. The molecule has 0 N–H and O–H groups in total. The summed E-state index contributed by atoms with van der Waals surface area (Å²) in [6, 6.07) is 11.8. The maximum absolute atomic E-state index is 13.4. The smallest absolute Gasteiger partial charge is 0.255 e. The Morgan fingerprint density at radius 1 is 1.04 bits per heavy atom. The number of hydrogen-bond acceptors (Lipinski definition) is 2. The number of carbonyl (C=O) groups is 1. The predicted molar refractivity (Wildman–Crippen MR) is 93.7 cm³/mol. The van der Waals surface area contributed by atoms with Crippen molar-refractivity contribution in [3.63, 3.8) is 0 Å². The van der Waals surface area contributed by atoms with E-state index in [2.05, 4.69) is 20.8 Å². The van der Waals surface area contributed by atoms with Crippen LogP contribution in [0.3, 0.4) is 0 Å². The zero-order valence-electron chi connectivity index (χ0n) is 12.3. The van der Waals surface area contributed by atoms with E-state index in [0.29, 0.717) is 28.1 Å². The molecule has 0 bridgehead atoms. The molecule has 0 atom stereocenters. The van der Waals surface area contributed by atoms with Crippen LogP contribution in [0, 0.1) is 5.82 Å². The molecular formula is C17H15BrClFN2O. The fourth-order valence-electron chi connectivity index (χ4n) is 2.65. The molecular weight excluding hydrogens is 383 g/mol. The molecule has 1 aliphatic heterocycles. The lowest BCUT2D eigenvalue weighted by Gasteiger charge is -2.36. The third kappa shape index (κ3) is 3.67. The third-order valence-electron chi connectivity index (χ3n) is 3.92. The van der Waals surface area contributed by atoms with E-state index in [-0.39, 0.29) is 5.91 Å². The van der Waals surface area contributed by atoms with Crippen LogP contribution >= 0.6 is 27.5 Å². The van der Waals surface area contributed by atoms with Gasteiger partial charge in [0.25, 0.3) is 5.91 Å². The van der Waals surface area contributed by atoms with Crippen LogP contribution in [0.1, 0.15) is 10.4 Å². The minimum atomic E-state index is -0.406. The fraction of sp³-hybridized carbons (Fsp3) is 0.235. The fourth-order valence-corrected chi connectivity index (χ4v) is 3.19. The number of benzene rings is 2. The van der Waals surface area contributed by atoms with E-state index in [0.717, 1.165) is 18.8 Å². The lowest BCUT2D eigenvalue weighted by molar-refractivity contribution is 0.0745. The molecule has 0 aromatic heterocycles. The van der Waals surface area contributed by atoms with E-state index in [9.17, 15) is 9.18 Å². The predicted octanol–water partition coefficient (Wildman–Crippen LogP) is 4.20. The number of carbonyl (C=O) groups excluding carboxylic acids is 1. The highest BCUT2D eigenvalue weighted by Gasteiger charge is 2.24. The minimum Gasteiger partial charge on any atom is -0.368 e. The second-order valence-corrected chi connectivity index (χ2v) is 6.67. The van der Waals surface area contributed by atoms with Crippen molar-refractivity contribution in [2.24, 2.45) is 0 Å². The van der Waals surface area contributed by atoms with Gasteiger partial charge in [-0.25, -0.2) is 4.39 Å². The highest BCUT2D eigenvalue weighted by molar-refractivity contribution is 9.10. The van der Waals surface area contributed by atoms with Gasteiger partial charge in [0.2, 0.25) is 0 Å². The van der Waals surface area contributed by atoms with Crippen molar-refractivity contribution in [1.29, 1.82) is 0 Å². The summed E-state index contributed by atoms with van der Waals surface area (Å²) in [6.07, 6.45) is 0. The number of piperazine rings is 1. The summed E-state index contributed by atoms with van der Waals surface area (Å²) in [5.41, 5.74) is 1.46. The van der Waals surface area contributed by atoms with Gasteiger partial charge in [-0.15, -0.1) is 0 Å². The highest BCUT2D eigenvalue weighted by atomic mass is 79.9. The van der Waals surface area contributed by atoms with E-state index in [4.69, 9.17) is 11.6 Å². The van der Waals surface area contributed by atoms with Gasteiger partial charge >= 0.3 is 0 Å². The second kappa shape index (κ2) is 6.89. The highest BCUT2D eigenvalue weighted by Crippen LogP contribution is 2.22. The van der Waals surface area contributed by atoms with Gasteiger partial charge in [-0.3, -0.25) is 4.79 Å². The lowest BCUT2D eigenvalue weighted by Crippen LogP contribution is -2.48. The van der Waals surface area contributed by atoms with Gasteiger partial charge in [-0.05, 0) is 58.4 Å². The van der Waals surface area contributed by atoms with E-state index in [1.807, 2.05) is 24.3 Å². The molecule has 2 aromatic rings. The number of nitrogens with zero attached hydrogens (tertiary/aromatic N) is 2. The number of halogens is 3. The molecule has 0 unspecified atom stereocenters. The van der Waals surface area contributed by atoms with Crippen molar-refractivity contribution >= 4 is 39.1 Å². The average molecular weight is 398 g/mol. The molecule has 120 valence electrons. The Hall–Kier alpha value is -1.59. The summed E-state index contributed by atoms with van der Waals surface area (Å²) in [5.74, 6) is -0.552. The standard InChI is InChI=1S/C17H15BrClFN2O/c18-16-6-3-13(20)11-15(16)17(23)22-9-7-21(8-10-22)14-4-1-12(19)2-5-14/h1-6,11H,7-10H2. The molecule has 1 fully saturated rings. The Morgan fingerprint density at radius 2 is 1.70 bits per heavy atom. The van der Waals surface area contributed by atoms with Crippen LogP contribution in [0.4, 0.5) is 10.1 Å². The zero-order valence-corrected chi connectivity index (χ0v) is 14.6. The Labute approximate surface area is 147 Å². The van der Waals surface area contributed by atoms with E-state index in [1.165, 1.54) is 12.1 Å². The quantitative estimate of drug-likeness (QED) is 0.758. The van der Waals surface area contributed by atoms with Gasteiger partial charge in [0, 0.05) is 41.4 Å². The maximum atomic E-state index is 13.4. The first-order valence-corrected chi connectivity index (χ1v) is 8.46. The first-order chi connectivity index (χ1) is 11.0. The lowest BCUT2D eigenvalue weighted by atomic mass is 10.1. The molecule has 2 aromatic carbocycles. The van der Waals surface area contributed by atoms with E-state index < -0.39 is 5.82 Å². The summed E-state index contributed by atoms with van der Waals surface area (Å²) >= 11 is 9.22. The van der Waals surface area contributed by atoms with Crippen molar-refractivity contribution in [2.75, 3.05) is 31.1 Å². The SMILES string of the molecule is O=C(c1cc(F)ccc1Br)N1CCN(c2ccc(Cl)cc2)CC1. The molecule has 0 spiro atoms. The Morgan fingerprint density at radius 3 is 2.35 bits per heavy atom. The van der Waals surface area contributed by atoms with Crippen LogP contribution in [0.25, 0.3) is 0 Å². The molecule has 0 aliphatic carbocycles. The minimum absolute atomic E-state index is 0.146. The van der Waals surface area contributed by atoms with Gasteiger partial charge < -0.3 is 9.80 Å². The summed E-state index contributed by atoms with van der Waals surface area (Å²) in [6.45, 7) is 2.68. The van der Waals surface area contributed by atoms with Gasteiger partial charge in [0.15, 0.2) is 0 Å². The molecule has 3 rings (SSSR count). The maximum Gasteiger partial charge on any atom is 0.255 e. The summed E-state index contributed by atoms with van der Waals surface area (Å²) in [5, 5.41) is 0.707. The van der Waals surface area contributed by atoms with Crippen LogP contribution in [0.5, 0.6) is 0 Å². The van der Waals surface area contributed by atoms with Gasteiger partial charge in [0.1, 0.15) is 5.82 Å². The van der Waals surface area contributed by atoms with Crippen molar-refractivity contribution in [3.8, 4) is 0 Å². The van der Waals surface area contributed by atoms with E-state index >= 15 is 0 Å². The van der Waals surface area contributed by atoms with Gasteiger partial charge in [0.05, 0.1) is 5.56 Å². The Kier molecular flexibility index (Phi) is 4.87. The van der Waals surface area contributed by atoms with Crippen LogP contribution in [0.15, 0.2) is 46.9 Å². The van der Waals surface area contributed by atoms with Gasteiger partial charge in [-0.1, -0.05) is 11.6 Å². The number of amides is 1. The first-order valence-electron chi connectivity index (χ1n) is 7.29. The molecule has 1 amide bonds. The van der Waals surface area contributed by atoms with Crippen molar-refractivity contribution in [1.82, 2.24) is 4.90 Å². The summed E-state index contributed by atoms with van der Waals surface area (Å²) < 4.78 is 14.0. The first kappa shape index (κ1) is 16.3. The number of rotatable bonds is 2. The molecule has 23 heavy (non-hydrogen) atoms. The normalized spacial score (nSPS) is 14.9. The van der Waals surface area contributed by atoms with Gasteiger partial charge in [-0.2, -0.15) is 0 Å². The Bertz CT molecular complexity index is 715. The topological polar surface area (TPSA) is 23.6 Å². The largest absolute Gasteiger partial charge is 0.368 e. The third-order valence-corrected chi connectivity index (χ3v) is 4.86. The Balaban J connectivity index is 1.67. The monoisotopic (exact) mass is 396 g/mol. The van der Waals surface area contributed by atoms with Crippen LogP contribution in [-0.2, 0) is 0 Å². The molecule has 6 heteroatoms. The number of anilines is 1. The van der Waals surface area contributed by atoms with Crippen LogP contribution in [-0.4, -0.2) is 37.0 Å².